The lowest BCUT2D eigenvalue weighted by atomic mass is 10.0. The third-order valence-electron chi connectivity index (χ3n) is 3.39. The van der Waals surface area contributed by atoms with Crippen LogP contribution >= 0.6 is 0 Å². The number of likely N-dealkylation sites (N-methyl/N-ethyl adjacent to an activating group) is 1. The van der Waals surface area contributed by atoms with Crippen molar-refractivity contribution < 1.29 is 9.84 Å². The molecular weight excluding hydrogens is 226 g/mol. The minimum atomic E-state index is -0.161. The zero-order valence-electron chi connectivity index (χ0n) is 11.9. The quantitative estimate of drug-likeness (QED) is 0.807. The van der Waals surface area contributed by atoms with E-state index in [2.05, 4.69) is 17.0 Å². The van der Waals surface area contributed by atoms with Crippen LogP contribution in [0.5, 0.6) is 5.75 Å². The number of hydrogen-bond acceptors (Lipinski definition) is 3. The Balaban J connectivity index is 2.48. The number of ether oxygens (including phenoxy) is 1. The SMILES string of the molecule is CCOc1ccc(CCN(C)C(C)(C)CO)cc1. The number of rotatable bonds is 7. The molecule has 3 heteroatoms. The van der Waals surface area contributed by atoms with Crippen LogP contribution in [-0.2, 0) is 6.42 Å². The van der Waals surface area contributed by atoms with Crippen molar-refractivity contribution in [1.82, 2.24) is 4.90 Å². The first-order valence-corrected chi connectivity index (χ1v) is 6.53. The van der Waals surface area contributed by atoms with Gasteiger partial charge in [0.05, 0.1) is 13.2 Å². The van der Waals surface area contributed by atoms with Gasteiger partial charge in [-0.25, -0.2) is 0 Å². The summed E-state index contributed by atoms with van der Waals surface area (Å²) in [6, 6.07) is 8.22. The van der Waals surface area contributed by atoms with Crippen LogP contribution < -0.4 is 4.74 Å². The minimum absolute atomic E-state index is 0.161. The summed E-state index contributed by atoms with van der Waals surface area (Å²) in [6.07, 6.45) is 0.979. The Hall–Kier alpha value is -1.06. The predicted octanol–water partition coefficient (Wildman–Crippen LogP) is 2.33. The molecule has 0 unspecified atom stereocenters. The molecule has 0 heterocycles. The molecule has 1 rings (SSSR count). The van der Waals surface area contributed by atoms with E-state index in [4.69, 9.17) is 4.74 Å². The Labute approximate surface area is 110 Å². The number of benzene rings is 1. The molecule has 0 aromatic heterocycles. The average Bonchev–Trinajstić information content (AvgIpc) is 2.38. The fourth-order valence-electron chi connectivity index (χ4n) is 1.64. The summed E-state index contributed by atoms with van der Waals surface area (Å²) in [5.74, 6) is 0.922. The highest BCUT2D eigenvalue weighted by molar-refractivity contribution is 5.27. The zero-order valence-corrected chi connectivity index (χ0v) is 11.9. The molecule has 0 saturated heterocycles. The van der Waals surface area contributed by atoms with E-state index in [1.807, 2.05) is 40.0 Å². The van der Waals surface area contributed by atoms with E-state index < -0.39 is 0 Å². The minimum Gasteiger partial charge on any atom is -0.494 e. The lowest BCUT2D eigenvalue weighted by Crippen LogP contribution is -2.45. The van der Waals surface area contributed by atoms with Gasteiger partial charge < -0.3 is 9.84 Å². The fraction of sp³-hybridized carbons (Fsp3) is 0.600. The lowest BCUT2D eigenvalue weighted by Gasteiger charge is -2.33. The molecule has 0 amide bonds. The van der Waals surface area contributed by atoms with E-state index in [1.165, 1.54) is 5.56 Å². The Morgan fingerprint density at radius 2 is 1.83 bits per heavy atom. The van der Waals surface area contributed by atoms with Crippen LogP contribution in [0.25, 0.3) is 0 Å². The van der Waals surface area contributed by atoms with E-state index in [1.54, 1.807) is 0 Å². The average molecular weight is 251 g/mol. The van der Waals surface area contributed by atoms with Crippen LogP contribution in [0.1, 0.15) is 26.3 Å². The van der Waals surface area contributed by atoms with Crippen molar-refractivity contribution in [3.63, 3.8) is 0 Å². The van der Waals surface area contributed by atoms with Crippen molar-refractivity contribution in [3.05, 3.63) is 29.8 Å². The maximum Gasteiger partial charge on any atom is 0.119 e. The summed E-state index contributed by atoms with van der Waals surface area (Å²) in [5.41, 5.74) is 1.13. The van der Waals surface area contributed by atoms with Gasteiger partial charge in [0.15, 0.2) is 0 Å². The van der Waals surface area contributed by atoms with Gasteiger partial charge >= 0.3 is 0 Å². The van der Waals surface area contributed by atoms with Crippen LogP contribution in [0.3, 0.4) is 0 Å². The van der Waals surface area contributed by atoms with Gasteiger partial charge in [-0.05, 0) is 51.9 Å². The Kier molecular flexibility index (Phi) is 5.63. The Bertz CT molecular complexity index is 346. The number of aliphatic hydroxyl groups is 1. The van der Waals surface area contributed by atoms with Gasteiger partial charge in [0.1, 0.15) is 5.75 Å². The molecule has 1 aromatic carbocycles. The van der Waals surface area contributed by atoms with E-state index in [0.717, 1.165) is 18.7 Å². The Morgan fingerprint density at radius 1 is 1.22 bits per heavy atom. The van der Waals surface area contributed by atoms with E-state index in [9.17, 15) is 5.11 Å². The molecule has 1 aromatic rings. The van der Waals surface area contributed by atoms with Crippen molar-refractivity contribution >= 4 is 0 Å². The monoisotopic (exact) mass is 251 g/mol. The van der Waals surface area contributed by atoms with Crippen molar-refractivity contribution in [3.8, 4) is 5.75 Å². The summed E-state index contributed by atoms with van der Waals surface area (Å²) in [7, 11) is 2.05. The first-order chi connectivity index (χ1) is 8.49. The van der Waals surface area contributed by atoms with Crippen LogP contribution in [0, 0.1) is 0 Å². The highest BCUT2D eigenvalue weighted by atomic mass is 16.5. The molecule has 0 aliphatic heterocycles. The second kappa shape index (κ2) is 6.76. The number of aliphatic hydroxyl groups excluding tert-OH is 1. The van der Waals surface area contributed by atoms with E-state index in [0.29, 0.717) is 6.61 Å². The van der Waals surface area contributed by atoms with Gasteiger partial charge in [0.25, 0.3) is 0 Å². The van der Waals surface area contributed by atoms with Gasteiger partial charge in [-0.1, -0.05) is 12.1 Å². The third kappa shape index (κ3) is 4.31. The molecule has 1 N–H and O–H groups in total. The summed E-state index contributed by atoms with van der Waals surface area (Å²) in [6.45, 7) is 7.89. The summed E-state index contributed by atoms with van der Waals surface area (Å²) >= 11 is 0. The Morgan fingerprint density at radius 3 is 2.33 bits per heavy atom. The smallest absolute Gasteiger partial charge is 0.119 e. The molecule has 18 heavy (non-hydrogen) atoms. The summed E-state index contributed by atoms with van der Waals surface area (Å²) < 4.78 is 5.41. The molecule has 0 fully saturated rings. The molecule has 0 atom stereocenters. The molecule has 3 nitrogen and oxygen atoms in total. The van der Waals surface area contributed by atoms with Gasteiger partial charge in [-0.2, -0.15) is 0 Å². The third-order valence-corrected chi connectivity index (χ3v) is 3.39. The second-order valence-electron chi connectivity index (χ2n) is 5.22. The van der Waals surface area contributed by atoms with Crippen molar-refractivity contribution in [2.45, 2.75) is 32.7 Å². The molecule has 0 saturated carbocycles. The predicted molar refractivity (Wildman–Crippen MR) is 75.1 cm³/mol. The first kappa shape index (κ1) is 15.0. The number of nitrogens with zero attached hydrogens (tertiary/aromatic N) is 1. The molecule has 0 aliphatic rings. The maximum atomic E-state index is 9.30. The molecule has 102 valence electrons. The van der Waals surface area contributed by atoms with Crippen LogP contribution in [0.4, 0.5) is 0 Å². The standard InChI is InChI=1S/C15H25NO2/c1-5-18-14-8-6-13(7-9-14)10-11-16(4)15(2,3)12-17/h6-9,17H,5,10-12H2,1-4H3. The van der Waals surface area contributed by atoms with Crippen LogP contribution in [0.2, 0.25) is 0 Å². The first-order valence-electron chi connectivity index (χ1n) is 6.53. The van der Waals surface area contributed by atoms with Crippen LogP contribution in [0.15, 0.2) is 24.3 Å². The molecular formula is C15H25NO2. The number of hydrogen-bond donors (Lipinski definition) is 1. The second-order valence-corrected chi connectivity index (χ2v) is 5.22. The molecule has 0 aliphatic carbocycles. The van der Waals surface area contributed by atoms with Crippen molar-refractivity contribution in [2.24, 2.45) is 0 Å². The van der Waals surface area contributed by atoms with E-state index >= 15 is 0 Å². The van der Waals surface area contributed by atoms with Gasteiger partial charge in [-0.3, -0.25) is 4.90 Å². The zero-order chi connectivity index (χ0) is 13.6. The topological polar surface area (TPSA) is 32.7 Å². The van der Waals surface area contributed by atoms with Crippen molar-refractivity contribution in [1.29, 1.82) is 0 Å². The van der Waals surface area contributed by atoms with Gasteiger partial charge in [0.2, 0.25) is 0 Å². The normalized spacial score (nSPS) is 11.9. The van der Waals surface area contributed by atoms with Gasteiger partial charge in [-0.15, -0.1) is 0 Å². The van der Waals surface area contributed by atoms with Crippen LogP contribution in [-0.4, -0.2) is 42.4 Å². The largest absolute Gasteiger partial charge is 0.494 e. The maximum absolute atomic E-state index is 9.30. The molecule has 0 bridgehead atoms. The molecule has 0 spiro atoms. The van der Waals surface area contributed by atoms with E-state index in [-0.39, 0.29) is 12.1 Å². The fourth-order valence-corrected chi connectivity index (χ4v) is 1.64. The highest BCUT2D eigenvalue weighted by Gasteiger charge is 2.21. The van der Waals surface area contributed by atoms with Crippen molar-refractivity contribution in [2.75, 3.05) is 26.8 Å². The summed E-state index contributed by atoms with van der Waals surface area (Å²) in [5, 5.41) is 9.30. The summed E-state index contributed by atoms with van der Waals surface area (Å²) in [4.78, 5) is 2.18. The van der Waals surface area contributed by atoms with Gasteiger partial charge in [0, 0.05) is 12.1 Å². The highest BCUT2D eigenvalue weighted by Crippen LogP contribution is 2.15. The molecule has 0 radical (unpaired) electrons. The lowest BCUT2D eigenvalue weighted by molar-refractivity contribution is 0.0801.